The lowest BCUT2D eigenvalue weighted by molar-refractivity contribution is -0.142. The SMILES string of the molecule is CCOC(=O)CCS(=O)(=O)NCC1(O)CCC1. The van der Waals surface area contributed by atoms with Gasteiger partial charge in [0.1, 0.15) is 0 Å². The fraction of sp³-hybridized carbons (Fsp3) is 0.900. The van der Waals surface area contributed by atoms with Crippen LogP contribution >= 0.6 is 0 Å². The normalized spacial score (nSPS) is 18.5. The number of aliphatic hydroxyl groups is 1. The van der Waals surface area contributed by atoms with Gasteiger partial charge in [-0.25, -0.2) is 13.1 Å². The molecule has 0 aromatic carbocycles. The summed E-state index contributed by atoms with van der Waals surface area (Å²) in [5.41, 5.74) is -0.892. The summed E-state index contributed by atoms with van der Waals surface area (Å²) in [4.78, 5) is 11.0. The maximum absolute atomic E-state index is 11.5. The fourth-order valence-electron chi connectivity index (χ4n) is 1.53. The van der Waals surface area contributed by atoms with Gasteiger partial charge in [0.05, 0.1) is 24.4 Å². The third kappa shape index (κ3) is 5.01. The van der Waals surface area contributed by atoms with Crippen molar-refractivity contribution in [2.75, 3.05) is 18.9 Å². The molecule has 7 heteroatoms. The first kappa shape index (κ1) is 14.4. The summed E-state index contributed by atoms with van der Waals surface area (Å²) in [6.07, 6.45) is 1.99. The number of hydrogen-bond acceptors (Lipinski definition) is 5. The quantitative estimate of drug-likeness (QED) is 0.620. The number of carbonyl (C=O) groups excluding carboxylic acids is 1. The van der Waals surface area contributed by atoms with Crippen LogP contribution in [-0.2, 0) is 19.6 Å². The molecular weight excluding hydrogens is 246 g/mol. The number of rotatable bonds is 7. The lowest BCUT2D eigenvalue weighted by Crippen LogP contribution is -2.48. The van der Waals surface area contributed by atoms with E-state index in [-0.39, 0.29) is 25.3 Å². The van der Waals surface area contributed by atoms with Crippen molar-refractivity contribution < 1.29 is 23.1 Å². The molecule has 2 N–H and O–H groups in total. The predicted octanol–water partition coefficient (Wildman–Crippen LogP) is -0.226. The molecule has 6 nitrogen and oxygen atoms in total. The molecule has 1 aliphatic carbocycles. The van der Waals surface area contributed by atoms with E-state index in [1.807, 2.05) is 0 Å². The monoisotopic (exact) mass is 265 g/mol. The van der Waals surface area contributed by atoms with Gasteiger partial charge in [0, 0.05) is 6.54 Å². The van der Waals surface area contributed by atoms with E-state index in [2.05, 4.69) is 9.46 Å². The van der Waals surface area contributed by atoms with Crippen LogP contribution in [0.25, 0.3) is 0 Å². The van der Waals surface area contributed by atoms with Gasteiger partial charge in [-0.05, 0) is 26.2 Å². The minimum atomic E-state index is -3.52. The van der Waals surface area contributed by atoms with Crippen molar-refractivity contribution in [3.63, 3.8) is 0 Å². The Labute approximate surface area is 101 Å². The molecule has 0 heterocycles. The maximum atomic E-state index is 11.5. The fourth-order valence-corrected chi connectivity index (χ4v) is 2.60. The number of nitrogens with one attached hydrogen (secondary N) is 1. The van der Waals surface area contributed by atoms with Crippen molar-refractivity contribution in [1.29, 1.82) is 0 Å². The summed E-state index contributed by atoms with van der Waals surface area (Å²) in [7, 11) is -3.52. The second kappa shape index (κ2) is 5.79. The number of esters is 1. The summed E-state index contributed by atoms with van der Waals surface area (Å²) in [6.45, 7) is 1.93. The third-order valence-electron chi connectivity index (χ3n) is 2.79. The zero-order valence-electron chi connectivity index (χ0n) is 9.94. The Kier molecular flexibility index (Phi) is 4.91. The summed E-state index contributed by atoms with van der Waals surface area (Å²) >= 11 is 0. The van der Waals surface area contributed by atoms with Crippen LogP contribution in [0.3, 0.4) is 0 Å². The second-order valence-corrected chi connectivity index (χ2v) is 6.20. The van der Waals surface area contributed by atoms with Gasteiger partial charge in [0.2, 0.25) is 10.0 Å². The topological polar surface area (TPSA) is 92.7 Å². The van der Waals surface area contributed by atoms with Crippen molar-refractivity contribution >= 4 is 16.0 Å². The molecule has 1 fully saturated rings. The van der Waals surface area contributed by atoms with Crippen LogP contribution in [0.5, 0.6) is 0 Å². The summed E-state index contributed by atoms with van der Waals surface area (Å²) in [5.74, 6) is -0.831. The first-order chi connectivity index (χ1) is 7.87. The van der Waals surface area contributed by atoms with E-state index >= 15 is 0 Å². The van der Waals surface area contributed by atoms with Crippen molar-refractivity contribution in [3.05, 3.63) is 0 Å². The highest BCUT2D eigenvalue weighted by molar-refractivity contribution is 7.89. The van der Waals surface area contributed by atoms with E-state index in [0.717, 1.165) is 6.42 Å². The summed E-state index contributed by atoms with van der Waals surface area (Å²) < 4.78 is 29.9. The van der Waals surface area contributed by atoms with E-state index < -0.39 is 21.6 Å². The first-order valence-electron chi connectivity index (χ1n) is 5.72. The number of carbonyl (C=O) groups is 1. The second-order valence-electron chi connectivity index (χ2n) is 4.27. The summed E-state index contributed by atoms with van der Waals surface area (Å²) in [5, 5.41) is 9.72. The molecule has 0 saturated heterocycles. The van der Waals surface area contributed by atoms with E-state index in [1.54, 1.807) is 6.92 Å². The zero-order chi connectivity index (χ0) is 12.9. The number of ether oxygens (including phenoxy) is 1. The number of sulfonamides is 1. The van der Waals surface area contributed by atoms with Gasteiger partial charge < -0.3 is 9.84 Å². The molecule has 1 saturated carbocycles. The van der Waals surface area contributed by atoms with Crippen LogP contribution in [0.15, 0.2) is 0 Å². The van der Waals surface area contributed by atoms with Gasteiger partial charge in [-0.1, -0.05) is 0 Å². The molecule has 0 amide bonds. The standard InChI is InChI=1S/C10H19NO5S/c1-2-16-9(12)4-7-17(14,15)11-8-10(13)5-3-6-10/h11,13H,2-8H2,1H3. The van der Waals surface area contributed by atoms with Gasteiger partial charge in [-0.15, -0.1) is 0 Å². The Morgan fingerprint density at radius 3 is 2.59 bits per heavy atom. The molecule has 0 bridgehead atoms. The predicted molar refractivity (Wildman–Crippen MR) is 61.8 cm³/mol. The largest absolute Gasteiger partial charge is 0.466 e. The van der Waals surface area contributed by atoms with Crippen LogP contribution in [0.4, 0.5) is 0 Å². The highest BCUT2D eigenvalue weighted by atomic mass is 32.2. The van der Waals surface area contributed by atoms with E-state index in [1.165, 1.54) is 0 Å². The minimum absolute atomic E-state index is 0.0260. The van der Waals surface area contributed by atoms with Crippen molar-refractivity contribution in [2.45, 2.75) is 38.2 Å². The Morgan fingerprint density at radius 1 is 1.47 bits per heavy atom. The van der Waals surface area contributed by atoms with Gasteiger partial charge in [-0.2, -0.15) is 0 Å². The Hall–Kier alpha value is -0.660. The Balaban J connectivity index is 2.28. The molecule has 0 aromatic heterocycles. The molecule has 0 unspecified atom stereocenters. The lowest BCUT2D eigenvalue weighted by atomic mass is 9.81. The maximum Gasteiger partial charge on any atom is 0.306 e. The molecule has 0 spiro atoms. The molecule has 0 radical (unpaired) electrons. The van der Waals surface area contributed by atoms with E-state index in [4.69, 9.17) is 0 Å². The molecular formula is C10H19NO5S. The van der Waals surface area contributed by atoms with Crippen LogP contribution in [0.1, 0.15) is 32.6 Å². The van der Waals surface area contributed by atoms with Crippen molar-refractivity contribution in [2.24, 2.45) is 0 Å². The molecule has 0 atom stereocenters. The van der Waals surface area contributed by atoms with Gasteiger partial charge in [0.15, 0.2) is 0 Å². The van der Waals surface area contributed by atoms with Crippen LogP contribution in [0, 0.1) is 0 Å². The number of hydrogen-bond donors (Lipinski definition) is 2. The first-order valence-corrected chi connectivity index (χ1v) is 7.37. The highest BCUT2D eigenvalue weighted by Crippen LogP contribution is 2.30. The van der Waals surface area contributed by atoms with Crippen molar-refractivity contribution in [1.82, 2.24) is 4.72 Å². The van der Waals surface area contributed by atoms with Gasteiger partial charge in [0.25, 0.3) is 0 Å². The summed E-state index contributed by atoms with van der Waals surface area (Å²) in [6, 6.07) is 0. The van der Waals surface area contributed by atoms with Crippen LogP contribution < -0.4 is 4.72 Å². The lowest BCUT2D eigenvalue weighted by Gasteiger charge is -2.36. The average Bonchev–Trinajstić information content (AvgIpc) is 2.22. The molecule has 17 heavy (non-hydrogen) atoms. The Morgan fingerprint density at radius 2 is 2.12 bits per heavy atom. The minimum Gasteiger partial charge on any atom is -0.466 e. The molecule has 0 aliphatic heterocycles. The third-order valence-corrected chi connectivity index (χ3v) is 4.11. The molecule has 0 aromatic rings. The van der Waals surface area contributed by atoms with Gasteiger partial charge >= 0.3 is 5.97 Å². The average molecular weight is 265 g/mol. The highest BCUT2D eigenvalue weighted by Gasteiger charge is 2.35. The van der Waals surface area contributed by atoms with Gasteiger partial charge in [-0.3, -0.25) is 4.79 Å². The Bertz CT molecular complexity index is 361. The smallest absolute Gasteiger partial charge is 0.306 e. The molecule has 100 valence electrons. The molecule has 1 aliphatic rings. The zero-order valence-corrected chi connectivity index (χ0v) is 10.8. The molecule has 1 rings (SSSR count). The van der Waals surface area contributed by atoms with Crippen LogP contribution in [0.2, 0.25) is 0 Å². The van der Waals surface area contributed by atoms with E-state index in [9.17, 15) is 18.3 Å². The van der Waals surface area contributed by atoms with E-state index in [0.29, 0.717) is 12.8 Å². The van der Waals surface area contributed by atoms with Crippen molar-refractivity contribution in [3.8, 4) is 0 Å². The van der Waals surface area contributed by atoms with Crippen LogP contribution in [-0.4, -0.2) is 44.0 Å².